The van der Waals surface area contributed by atoms with Crippen LogP contribution in [0.3, 0.4) is 0 Å². The van der Waals surface area contributed by atoms with Crippen LogP contribution in [0, 0.1) is 0 Å². The van der Waals surface area contributed by atoms with Gasteiger partial charge in [-0.25, -0.2) is 4.79 Å². The summed E-state index contributed by atoms with van der Waals surface area (Å²) in [6.07, 6.45) is 0. The number of nitrogens with one attached hydrogen (secondary N) is 1. The number of rotatable bonds is 0. The lowest BCUT2D eigenvalue weighted by Crippen LogP contribution is -1.93. The maximum atomic E-state index is 10.9. The zero-order valence-electron chi connectivity index (χ0n) is 6.03. The molecule has 0 radical (unpaired) electrons. The molecule has 0 unspecified atom stereocenters. The first-order valence-electron chi connectivity index (χ1n) is 3.26. The molecule has 0 fully saturated rings. The first-order valence-corrected chi connectivity index (χ1v) is 5.22. The maximum absolute atomic E-state index is 10.9. The van der Waals surface area contributed by atoms with Crippen molar-refractivity contribution in [3.8, 4) is 0 Å². The van der Waals surface area contributed by atoms with Gasteiger partial charge in [-0.05, 0) is 31.9 Å². The van der Waals surface area contributed by atoms with Crippen molar-refractivity contribution in [1.82, 2.24) is 4.98 Å². The van der Waals surface area contributed by atoms with E-state index in [-0.39, 0.29) is 0 Å². The molecule has 1 aromatic heterocycles. The lowest BCUT2D eigenvalue weighted by atomic mass is 10.3. The molecule has 2 aromatic rings. The predicted molar refractivity (Wildman–Crippen MR) is 57.2 cm³/mol. The second kappa shape index (κ2) is 3.15. The van der Waals surface area contributed by atoms with Crippen LogP contribution >= 0.6 is 43.5 Å². The molecule has 1 aromatic carbocycles. The number of aromatic amines is 1. The normalized spacial score (nSPS) is 11.0. The first-order chi connectivity index (χ1) is 6.09. The third-order valence-electron chi connectivity index (χ3n) is 1.56. The van der Waals surface area contributed by atoms with E-state index in [2.05, 4.69) is 36.8 Å². The van der Waals surface area contributed by atoms with Crippen LogP contribution < -0.4 is 5.76 Å². The molecule has 6 heteroatoms. The fourth-order valence-corrected chi connectivity index (χ4v) is 2.13. The summed E-state index contributed by atoms with van der Waals surface area (Å²) in [6, 6.07) is 1.57. The van der Waals surface area contributed by atoms with Gasteiger partial charge in [0.2, 0.25) is 0 Å². The van der Waals surface area contributed by atoms with Gasteiger partial charge in [-0.1, -0.05) is 11.6 Å². The minimum atomic E-state index is -0.495. The van der Waals surface area contributed by atoms with Crippen LogP contribution in [0.25, 0.3) is 11.1 Å². The number of benzene rings is 1. The van der Waals surface area contributed by atoms with Crippen molar-refractivity contribution < 1.29 is 4.42 Å². The maximum Gasteiger partial charge on any atom is 0.417 e. The molecule has 0 saturated heterocycles. The Morgan fingerprint density at radius 2 is 2.08 bits per heavy atom. The number of aromatic nitrogens is 1. The topological polar surface area (TPSA) is 46.0 Å². The summed E-state index contributed by atoms with van der Waals surface area (Å²) in [4.78, 5) is 13.4. The molecule has 0 aliphatic rings. The summed E-state index contributed by atoms with van der Waals surface area (Å²) in [6.45, 7) is 0. The van der Waals surface area contributed by atoms with Crippen LogP contribution in [0.2, 0.25) is 5.02 Å². The Hall–Kier alpha value is -0.260. The Bertz CT molecular complexity index is 531. The molecule has 0 atom stereocenters. The molecule has 1 N–H and O–H groups in total. The van der Waals surface area contributed by atoms with Crippen molar-refractivity contribution in [2.24, 2.45) is 0 Å². The SMILES string of the molecule is O=c1[nH]c2c(Br)c(Br)c(Cl)cc2o1. The van der Waals surface area contributed by atoms with Crippen molar-refractivity contribution in [2.45, 2.75) is 0 Å². The molecule has 0 saturated carbocycles. The number of hydrogen-bond donors (Lipinski definition) is 1. The summed E-state index contributed by atoms with van der Waals surface area (Å²) >= 11 is 12.4. The highest BCUT2D eigenvalue weighted by atomic mass is 79.9. The Morgan fingerprint density at radius 1 is 1.38 bits per heavy atom. The number of hydrogen-bond acceptors (Lipinski definition) is 2. The van der Waals surface area contributed by atoms with Crippen LogP contribution in [0.4, 0.5) is 0 Å². The predicted octanol–water partition coefficient (Wildman–Crippen LogP) is 3.30. The molecule has 0 spiro atoms. The summed E-state index contributed by atoms with van der Waals surface area (Å²) in [5, 5.41) is 0.488. The average Bonchev–Trinajstić information content (AvgIpc) is 2.42. The van der Waals surface area contributed by atoms with E-state index in [1.54, 1.807) is 6.07 Å². The summed E-state index contributed by atoms with van der Waals surface area (Å²) < 4.78 is 6.21. The van der Waals surface area contributed by atoms with E-state index in [0.717, 1.165) is 0 Å². The molecule has 68 valence electrons. The summed E-state index contributed by atoms with van der Waals surface area (Å²) in [5.41, 5.74) is 1.03. The van der Waals surface area contributed by atoms with Gasteiger partial charge in [-0.3, -0.25) is 4.98 Å². The van der Waals surface area contributed by atoms with Gasteiger partial charge in [0, 0.05) is 6.07 Å². The van der Waals surface area contributed by atoms with Gasteiger partial charge in [-0.15, -0.1) is 0 Å². The Labute approximate surface area is 94.3 Å². The molecule has 3 nitrogen and oxygen atoms in total. The summed E-state index contributed by atoms with van der Waals surface area (Å²) in [7, 11) is 0. The second-order valence-corrected chi connectivity index (χ2v) is 4.37. The van der Waals surface area contributed by atoms with Crippen molar-refractivity contribution in [1.29, 1.82) is 0 Å². The van der Waals surface area contributed by atoms with Gasteiger partial charge in [0.25, 0.3) is 0 Å². The van der Waals surface area contributed by atoms with Gasteiger partial charge >= 0.3 is 5.76 Å². The average molecular weight is 327 g/mol. The van der Waals surface area contributed by atoms with Gasteiger partial charge in [-0.2, -0.15) is 0 Å². The minimum absolute atomic E-state index is 0.435. The quantitative estimate of drug-likeness (QED) is 0.755. The number of fused-ring (bicyclic) bond motifs is 1. The van der Waals surface area contributed by atoms with E-state index in [1.165, 1.54) is 0 Å². The van der Waals surface area contributed by atoms with E-state index in [0.29, 0.717) is 25.1 Å². The third kappa shape index (κ3) is 1.45. The van der Waals surface area contributed by atoms with Crippen molar-refractivity contribution >= 4 is 54.6 Å². The molecule has 0 aliphatic heterocycles. The van der Waals surface area contributed by atoms with E-state index in [9.17, 15) is 4.79 Å². The minimum Gasteiger partial charge on any atom is -0.408 e. The van der Waals surface area contributed by atoms with Crippen LogP contribution in [0.1, 0.15) is 0 Å². The first kappa shape index (κ1) is 9.30. The van der Waals surface area contributed by atoms with Crippen LogP contribution in [0.5, 0.6) is 0 Å². The van der Waals surface area contributed by atoms with Crippen LogP contribution in [0.15, 0.2) is 24.2 Å². The van der Waals surface area contributed by atoms with Gasteiger partial charge in [0.05, 0.1) is 14.0 Å². The number of H-pyrrole nitrogens is 1. The van der Waals surface area contributed by atoms with E-state index >= 15 is 0 Å². The Kier molecular flexibility index (Phi) is 2.25. The zero-order chi connectivity index (χ0) is 9.59. The van der Waals surface area contributed by atoms with Gasteiger partial charge in [0.15, 0.2) is 5.58 Å². The highest BCUT2D eigenvalue weighted by Gasteiger charge is 2.11. The van der Waals surface area contributed by atoms with E-state index < -0.39 is 5.76 Å². The molecule has 0 amide bonds. The van der Waals surface area contributed by atoms with Gasteiger partial charge in [0.1, 0.15) is 5.52 Å². The highest BCUT2D eigenvalue weighted by Crippen LogP contribution is 2.35. The van der Waals surface area contributed by atoms with Crippen molar-refractivity contribution in [3.05, 3.63) is 30.6 Å². The third-order valence-corrected chi connectivity index (χ3v) is 4.23. The lowest BCUT2D eigenvalue weighted by Gasteiger charge is -1.98. The molecular formula is C7H2Br2ClNO2. The summed E-state index contributed by atoms with van der Waals surface area (Å²) in [5.74, 6) is -0.495. The van der Waals surface area contributed by atoms with Crippen molar-refractivity contribution in [3.63, 3.8) is 0 Å². The second-order valence-electron chi connectivity index (χ2n) is 2.37. The van der Waals surface area contributed by atoms with Crippen LogP contribution in [-0.2, 0) is 0 Å². The highest BCUT2D eigenvalue weighted by molar-refractivity contribution is 9.13. The molecule has 0 aliphatic carbocycles. The molecule has 0 bridgehead atoms. The van der Waals surface area contributed by atoms with E-state index in [1.807, 2.05) is 0 Å². The molecule has 13 heavy (non-hydrogen) atoms. The fourth-order valence-electron chi connectivity index (χ4n) is 0.998. The monoisotopic (exact) mass is 325 g/mol. The standard InChI is InChI=1S/C7H2Br2ClNO2/c8-4-2(10)1-3-6(5(4)9)11-7(12)13-3/h1H,(H,11,12). The largest absolute Gasteiger partial charge is 0.417 e. The van der Waals surface area contributed by atoms with Gasteiger partial charge < -0.3 is 4.42 Å². The Morgan fingerprint density at radius 3 is 2.77 bits per heavy atom. The van der Waals surface area contributed by atoms with E-state index in [4.69, 9.17) is 16.0 Å². The smallest absolute Gasteiger partial charge is 0.408 e. The number of oxazole rings is 1. The van der Waals surface area contributed by atoms with Crippen LogP contribution in [-0.4, -0.2) is 4.98 Å². The zero-order valence-corrected chi connectivity index (χ0v) is 9.96. The Balaban J connectivity index is 3.00. The number of halogens is 3. The lowest BCUT2D eigenvalue weighted by molar-refractivity contribution is 0.555. The van der Waals surface area contributed by atoms with Crippen molar-refractivity contribution in [2.75, 3.05) is 0 Å². The molecular weight excluding hydrogens is 325 g/mol. The fraction of sp³-hybridized carbons (Fsp3) is 0. The molecule has 2 rings (SSSR count). The molecule has 1 heterocycles.